The fraction of sp³-hybridized carbons (Fsp3) is 0.161. The van der Waals surface area contributed by atoms with Crippen LogP contribution >= 0.6 is 0 Å². The Labute approximate surface area is 198 Å². The average Bonchev–Trinajstić information content (AvgIpc) is 2.84. The van der Waals surface area contributed by atoms with Crippen molar-refractivity contribution >= 4 is 10.8 Å². The third-order valence-corrected chi connectivity index (χ3v) is 5.82. The molecule has 0 nitrogen and oxygen atoms in total. The number of fused-ring (bicyclic) bond motifs is 1. The molecule has 0 atom stereocenters. The molecule has 0 heterocycles. The van der Waals surface area contributed by atoms with Crippen molar-refractivity contribution in [2.24, 2.45) is 0 Å². The molecular weight excluding hydrogens is 429 g/mol. The van der Waals surface area contributed by atoms with E-state index in [9.17, 15) is 13.2 Å². The van der Waals surface area contributed by atoms with Crippen LogP contribution in [-0.2, 0) is 19.3 Å². The molecule has 0 fully saturated rings. The standard InChI is InChI=1S/C31H25F3/c1-2-3-4-5-24-13-16-26(29(32)19-24)15-12-23-8-6-22(7-9-23)10-11-25-14-17-27-20-30(33)31(34)21-28(27)18-25/h2-3,6-9,13-14,16-21H,4-5,12,15H2,1H3/b3-2+. The third kappa shape index (κ3) is 5.97. The van der Waals surface area contributed by atoms with Crippen molar-refractivity contribution in [2.75, 3.05) is 0 Å². The van der Waals surface area contributed by atoms with E-state index in [2.05, 4.69) is 17.9 Å². The van der Waals surface area contributed by atoms with Crippen molar-refractivity contribution in [3.8, 4) is 11.8 Å². The van der Waals surface area contributed by atoms with Crippen molar-refractivity contribution in [2.45, 2.75) is 32.6 Å². The maximum absolute atomic E-state index is 14.5. The highest BCUT2D eigenvalue weighted by Crippen LogP contribution is 2.20. The average molecular weight is 455 g/mol. The molecule has 0 N–H and O–H groups in total. The Morgan fingerprint density at radius 3 is 2.03 bits per heavy atom. The Kier molecular flexibility index (Phi) is 7.50. The molecule has 0 amide bonds. The summed E-state index contributed by atoms with van der Waals surface area (Å²) in [4.78, 5) is 0. The van der Waals surface area contributed by atoms with Gasteiger partial charge < -0.3 is 0 Å². The lowest BCUT2D eigenvalue weighted by molar-refractivity contribution is 0.511. The Bertz CT molecular complexity index is 1390. The van der Waals surface area contributed by atoms with Crippen LogP contribution in [0.15, 0.2) is 84.9 Å². The van der Waals surface area contributed by atoms with E-state index in [1.165, 1.54) is 12.1 Å². The van der Waals surface area contributed by atoms with Gasteiger partial charge in [-0.15, -0.1) is 0 Å². The van der Waals surface area contributed by atoms with Gasteiger partial charge in [0.25, 0.3) is 0 Å². The van der Waals surface area contributed by atoms with Crippen molar-refractivity contribution in [3.05, 3.63) is 130 Å². The first-order valence-corrected chi connectivity index (χ1v) is 11.4. The van der Waals surface area contributed by atoms with Gasteiger partial charge in [-0.05, 0) is 103 Å². The number of aryl methyl sites for hydroxylation is 3. The second-order valence-corrected chi connectivity index (χ2v) is 8.31. The van der Waals surface area contributed by atoms with Gasteiger partial charge in [0.1, 0.15) is 5.82 Å². The second kappa shape index (κ2) is 10.9. The minimum absolute atomic E-state index is 0.140. The van der Waals surface area contributed by atoms with Gasteiger partial charge in [0.15, 0.2) is 11.6 Å². The van der Waals surface area contributed by atoms with Gasteiger partial charge >= 0.3 is 0 Å². The molecule has 0 saturated carbocycles. The van der Waals surface area contributed by atoms with Crippen molar-refractivity contribution in [1.29, 1.82) is 0 Å². The van der Waals surface area contributed by atoms with E-state index in [0.29, 0.717) is 17.2 Å². The molecule has 0 aliphatic heterocycles. The van der Waals surface area contributed by atoms with Gasteiger partial charge in [0.05, 0.1) is 0 Å². The molecule has 4 rings (SSSR count). The Hall–Kier alpha value is -3.77. The lowest BCUT2D eigenvalue weighted by atomic mass is 10.0. The minimum atomic E-state index is -0.867. The zero-order valence-corrected chi connectivity index (χ0v) is 19.0. The van der Waals surface area contributed by atoms with Gasteiger partial charge in [-0.3, -0.25) is 0 Å². The molecule has 4 aromatic carbocycles. The molecule has 3 heteroatoms. The van der Waals surface area contributed by atoms with Crippen molar-refractivity contribution in [3.63, 3.8) is 0 Å². The van der Waals surface area contributed by atoms with E-state index in [1.54, 1.807) is 24.3 Å². The van der Waals surface area contributed by atoms with E-state index in [4.69, 9.17) is 0 Å². The van der Waals surface area contributed by atoms with Gasteiger partial charge in [-0.25, -0.2) is 13.2 Å². The quantitative estimate of drug-likeness (QED) is 0.205. The predicted molar refractivity (Wildman–Crippen MR) is 133 cm³/mol. The van der Waals surface area contributed by atoms with Crippen LogP contribution in [0.4, 0.5) is 13.2 Å². The lowest BCUT2D eigenvalue weighted by Crippen LogP contribution is -1.97. The monoisotopic (exact) mass is 454 g/mol. The Morgan fingerprint density at radius 2 is 1.29 bits per heavy atom. The summed E-state index contributed by atoms with van der Waals surface area (Å²) in [5.74, 6) is 4.32. The fourth-order valence-corrected chi connectivity index (χ4v) is 3.86. The Balaban J connectivity index is 1.38. The van der Waals surface area contributed by atoms with Crippen LogP contribution in [0.5, 0.6) is 0 Å². The summed E-state index contributed by atoms with van der Waals surface area (Å²) < 4.78 is 41.3. The maximum Gasteiger partial charge on any atom is 0.159 e. The first-order chi connectivity index (χ1) is 16.5. The van der Waals surface area contributed by atoms with E-state index < -0.39 is 11.6 Å². The first-order valence-electron chi connectivity index (χ1n) is 11.4. The van der Waals surface area contributed by atoms with E-state index in [1.807, 2.05) is 49.4 Å². The molecule has 0 aliphatic carbocycles. The molecule has 4 aromatic rings. The topological polar surface area (TPSA) is 0 Å². The molecule has 0 bridgehead atoms. The summed E-state index contributed by atoms with van der Waals surface area (Å²) in [6.07, 6.45) is 7.25. The summed E-state index contributed by atoms with van der Waals surface area (Å²) in [6.45, 7) is 1.99. The highest BCUT2D eigenvalue weighted by Gasteiger charge is 2.05. The third-order valence-electron chi connectivity index (χ3n) is 5.82. The molecular formula is C31H25F3. The van der Waals surface area contributed by atoms with Gasteiger partial charge in [-0.2, -0.15) is 0 Å². The van der Waals surface area contributed by atoms with Crippen molar-refractivity contribution < 1.29 is 13.2 Å². The van der Waals surface area contributed by atoms with Crippen LogP contribution in [0.25, 0.3) is 10.8 Å². The molecule has 0 radical (unpaired) electrons. The number of allylic oxidation sites excluding steroid dienone is 2. The zero-order chi connectivity index (χ0) is 23.9. The van der Waals surface area contributed by atoms with Crippen molar-refractivity contribution in [1.82, 2.24) is 0 Å². The molecule has 170 valence electrons. The molecule has 0 aliphatic rings. The normalized spacial score (nSPS) is 11.1. The number of hydrogen-bond acceptors (Lipinski definition) is 0. The van der Waals surface area contributed by atoms with Crippen LogP contribution < -0.4 is 0 Å². The molecule has 0 aromatic heterocycles. The Morgan fingerprint density at radius 1 is 0.618 bits per heavy atom. The van der Waals surface area contributed by atoms with Crippen LogP contribution in [0, 0.1) is 29.3 Å². The zero-order valence-electron chi connectivity index (χ0n) is 19.0. The molecule has 34 heavy (non-hydrogen) atoms. The van der Waals surface area contributed by atoms with Crippen LogP contribution in [0.2, 0.25) is 0 Å². The highest BCUT2D eigenvalue weighted by atomic mass is 19.2. The maximum atomic E-state index is 14.5. The molecule has 0 unspecified atom stereocenters. The van der Waals surface area contributed by atoms with Gasteiger partial charge in [0.2, 0.25) is 0 Å². The van der Waals surface area contributed by atoms with E-state index in [0.717, 1.165) is 47.1 Å². The van der Waals surface area contributed by atoms with E-state index >= 15 is 0 Å². The minimum Gasteiger partial charge on any atom is -0.207 e. The largest absolute Gasteiger partial charge is 0.207 e. The van der Waals surface area contributed by atoms with Gasteiger partial charge in [0, 0.05) is 11.1 Å². The van der Waals surface area contributed by atoms with E-state index in [-0.39, 0.29) is 5.82 Å². The fourth-order valence-electron chi connectivity index (χ4n) is 3.86. The van der Waals surface area contributed by atoms with Crippen LogP contribution in [-0.4, -0.2) is 0 Å². The van der Waals surface area contributed by atoms with Gasteiger partial charge in [-0.1, -0.05) is 54.3 Å². The lowest BCUT2D eigenvalue weighted by Gasteiger charge is -2.06. The first kappa shape index (κ1) is 23.4. The number of rotatable bonds is 6. The molecule has 0 spiro atoms. The summed E-state index contributed by atoms with van der Waals surface area (Å²) in [5.41, 5.74) is 4.44. The van der Waals surface area contributed by atoms with Crippen LogP contribution in [0.1, 0.15) is 41.2 Å². The summed E-state index contributed by atoms with van der Waals surface area (Å²) in [5, 5.41) is 1.24. The smallest absolute Gasteiger partial charge is 0.159 e. The second-order valence-electron chi connectivity index (χ2n) is 8.31. The summed E-state index contributed by atoms with van der Waals surface area (Å²) >= 11 is 0. The predicted octanol–water partition coefficient (Wildman–Crippen LogP) is 7.95. The number of benzene rings is 4. The summed E-state index contributed by atoms with van der Waals surface area (Å²) in [6, 6.07) is 21.1. The highest BCUT2D eigenvalue weighted by molar-refractivity contribution is 5.84. The number of hydrogen-bond donors (Lipinski definition) is 0. The van der Waals surface area contributed by atoms with Crippen LogP contribution in [0.3, 0.4) is 0 Å². The SMILES string of the molecule is C/C=C/CCc1ccc(CCc2ccc(C#Cc3ccc4cc(F)c(F)cc4c3)cc2)c(F)c1. The molecule has 0 saturated heterocycles. The number of halogens is 3. The summed E-state index contributed by atoms with van der Waals surface area (Å²) in [7, 11) is 0.